The third-order valence-corrected chi connectivity index (χ3v) is 5.56. The Labute approximate surface area is 140 Å². The molecule has 0 spiro atoms. The molecule has 24 heavy (non-hydrogen) atoms. The van der Waals surface area contributed by atoms with Gasteiger partial charge >= 0.3 is 6.03 Å². The Hall–Kier alpha value is -2.03. The Balaban J connectivity index is 1.47. The van der Waals surface area contributed by atoms with Crippen LogP contribution in [0, 0.1) is 5.92 Å². The number of aromatic nitrogens is 4. The molecule has 2 atom stereocenters. The molecule has 1 N–H and O–H groups in total. The van der Waals surface area contributed by atoms with Crippen molar-refractivity contribution in [2.24, 2.45) is 5.92 Å². The monoisotopic (exact) mass is 333 g/mol. The van der Waals surface area contributed by atoms with E-state index in [4.69, 9.17) is 0 Å². The Morgan fingerprint density at radius 2 is 2.08 bits per heavy atom. The van der Waals surface area contributed by atoms with Crippen LogP contribution in [0.5, 0.6) is 0 Å². The molecule has 3 heterocycles. The second-order valence-electron chi connectivity index (χ2n) is 7.34. The van der Waals surface area contributed by atoms with Gasteiger partial charge in [0.2, 0.25) is 0 Å². The van der Waals surface area contributed by atoms with Crippen LogP contribution in [0.3, 0.4) is 0 Å². The lowest BCUT2D eigenvalue weighted by atomic mass is 9.80. The summed E-state index contributed by atoms with van der Waals surface area (Å²) in [6.45, 7) is 4.25. The Morgan fingerprint density at radius 1 is 1.29 bits per heavy atom. The van der Waals surface area contributed by atoms with Crippen molar-refractivity contribution in [3.8, 4) is 0 Å². The number of nitrogens with zero attached hydrogens (tertiary/aromatic N) is 6. The maximum atomic E-state index is 12.5. The first-order valence-corrected chi connectivity index (χ1v) is 8.58. The summed E-state index contributed by atoms with van der Waals surface area (Å²) in [6.07, 6.45) is 4.22. The normalized spacial score (nSPS) is 31.6. The molecule has 1 aliphatic carbocycles. The number of likely N-dealkylation sites (tertiary alicyclic amines) is 1. The van der Waals surface area contributed by atoms with E-state index in [0.717, 1.165) is 44.6 Å². The van der Waals surface area contributed by atoms with Gasteiger partial charge in [-0.15, -0.1) is 5.10 Å². The van der Waals surface area contributed by atoms with Crippen molar-refractivity contribution in [2.45, 2.75) is 50.7 Å². The van der Waals surface area contributed by atoms with Gasteiger partial charge in [0.25, 0.3) is 5.91 Å². The Bertz CT molecular complexity index is 671. The van der Waals surface area contributed by atoms with Crippen molar-refractivity contribution in [1.29, 1.82) is 0 Å². The fourth-order valence-corrected chi connectivity index (χ4v) is 3.87. The number of carbonyl (C=O) groups excluding carboxylic acids is 2. The third-order valence-electron chi connectivity index (χ3n) is 5.56. The summed E-state index contributed by atoms with van der Waals surface area (Å²) in [4.78, 5) is 27.8. The summed E-state index contributed by atoms with van der Waals surface area (Å²) in [5, 5.41) is 15.0. The summed E-state index contributed by atoms with van der Waals surface area (Å²) in [6, 6.07) is 0.148. The molecule has 1 aromatic heterocycles. The van der Waals surface area contributed by atoms with Crippen molar-refractivity contribution < 1.29 is 9.59 Å². The topological polar surface area (TPSA) is 96.2 Å². The predicted octanol–water partition coefficient (Wildman–Crippen LogP) is 0.160. The van der Waals surface area contributed by atoms with Gasteiger partial charge in [-0.1, -0.05) is 0 Å². The number of imide groups is 1. The van der Waals surface area contributed by atoms with Gasteiger partial charge in [0.1, 0.15) is 5.54 Å². The number of rotatable bonds is 4. The highest BCUT2D eigenvalue weighted by atomic mass is 16.2. The zero-order chi connectivity index (χ0) is 16.9. The molecule has 3 fully saturated rings. The standard InChI is InChI=1S/C15H23N7O2/c1-15(13(23)20(2)14(24)16-15)10-4-3-7-21(8-10)9-12-17-18-19-22(12)11-5-6-11/h10-11H,3-9H2,1-2H3,(H,16,24)/t10-,15-/m1/s1. The van der Waals surface area contributed by atoms with E-state index in [1.54, 1.807) is 0 Å². The fraction of sp³-hybridized carbons (Fsp3) is 0.800. The van der Waals surface area contributed by atoms with Crippen LogP contribution >= 0.6 is 0 Å². The lowest BCUT2D eigenvalue weighted by Crippen LogP contribution is -2.55. The highest BCUT2D eigenvalue weighted by Gasteiger charge is 2.51. The predicted molar refractivity (Wildman–Crippen MR) is 83.8 cm³/mol. The lowest BCUT2D eigenvalue weighted by Gasteiger charge is -2.39. The van der Waals surface area contributed by atoms with E-state index in [9.17, 15) is 9.59 Å². The fourth-order valence-electron chi connectivity index (χ4n) is 3.87. The zero-order valence-corrected chi connectivity index (χ0v) is 14.1. The number of hydrogen-bond donors (Lipinski definition) is 1. The minimum atomic E-state index is -0.813. The van der Waals surface area contributed by atoms with Crippen LogP contribution in [0.15, 0.2) is 0 Å². The van der Waals surface area contributed by atoms with Crippen LogP contribution in [0.25, 0.3) is 0 Å². The Morgan fingerprint density at radius 3 is 2.75 bits per heavy atom. The van der Waals surface area contributed by atoms with Crippen molar-refractivity contribution in [3.63, 3.8) is 0 Å². The van der Waals surface area contributed by atoms with Crippen LogP contribution in [0.4, 0.5) is 4.79 Å². The van der Waals surface area contributed by atoms with Crippen LogP contribution in [0.2, 0.25) is 0 Å². The first-order valence-electron chi connectivity index (χ1n) is 8.58. The quantitative estimate of drug-likeness (QED) is 0.789. The number of likely N-dealkylation sites (N-methyl/N-ethyl adjacent to an activating group) is 1. The van der Waals surface area contributed by atoms with Gasteiger partial charge in [-0.3, -0.25) is 14.6 Å². The van der Waals surface area contributed by atoms with Crippen LogP contribution in [-0.2, 0) is 11.3 Å². The molecule has 0 bridgehead atoms. The number of tetrazole rings is 1. The molecule has 1 aromatic rings. The number of piperidine rings is 1. The van der Waals surface area contributed by atoms with E-state index >= 15 is 0 Å². The third kappa shape index (κ3) is 2.47. The molecular weight excluding hydrogens is 310 g/mol. The smallest absolute Gasteiger partial charge is 0.323 e. The van der Waals surface area contributed by atoms with Crippen LogP contribution in [-0.4, -0.2) is 67.6 Å². The number of urea groups is 1. The lowest BCUT2D eigenvalue weighted by molar-refractivity contribution is -0.132. The molecule has 0 aromatic carbocycles. The van der Waals surface area contributed by atoms with Gasteiger partial charge in [-0.05, 0) is 49.6 Å². The van der Waals surface area contributed by atoms with Crippen LogP contribution in [0.1, 0.15) is 44.5 Å². The van der Waals surface area contributed by atoms with E-state index < -0.39 is 5.54 Å². The molecule has 130 valence electrons. The Kier molecular flexibility index (Phi) is 3.56. The molecule has 1 saturated carbocycles. The van der Waals surface area contributed by atoms with Gasteiger partial charge in [-0.25, -0.2) is 9.48 Å². The molecule has 0 radical (unpaired) electrons. The van der Waals surface area contributed by atoms with Crippen LogP contribution < -0.4 is 5.32 Å². The van der Waals surface area contributed by atoms with E-state index in [1.165, 1.54) is 11.9 Å². The van der Waals surface area contributed by atoms with Crippen molar-refractivity contribution in [3.05, 3.63) is 5.82 Å². The average Bonchev–Trinajstić information content (AvgIpc) is 3.28. The van der Waals surface area contributed by atoms with E-state index in [0.29, 0.717) is 12.6 Å². The van der Waals surface area contributed by atoms with E-state index in [1.807, 2.05) is 11.6 Å². The molecule has 0 unspecified atom stereocenters. The van der Waals surface area contributed by atoms with Gasteiger partial charge in [0.05, 0.1) is 12.6 Å². The number of hydrogen-bond acceptors (Lipinski definition) is 6. The molecule has 2 aliphatic heterocycles. The molecule has 3 amide bonds. The van der Waals surface area contributed by atoms with Crippen molar-refractivity contribution in [2.75, 3.05) is 20.1 Å². The average molecular weight is 333 g/mol. The minimum Gasteiger partial charge on any atom is -0.323 e. The second kappa shape index (κ2) is 5.51. The highest BCUT2D eigenvalue weighted by Crippen LogP contribution is 2.35. The first kappa shape index (κ1) is 15.5. The van der Waals surface area contributed by atoms with Gasteiger partial charge in [0.15, 0.2) is 5.82 Å². The maximum absolute atomic E-state index is 12.5. The summed E-state index contributed by atoms with van der Waals surface area (Å²) < 4.78 is 1.93. The summed E-state index contributed by atoms with van der Waals surface area (Å²) in [5.41, 5.74) is -0.813. The van der Waals surface area contributed by atoms with Gasteiger partial charge in [-0.2, -0.15) is 0 Å². The molecule has 9 nitrogen and oxygen atoms in total. The molecule has 4 rings (SSSR count). The van der Waals surface area contributed by atoms with Gasteiger partial charge < -0.3 is 5.32 Å². The molecular formula is C15H23N7O2. The number of amides is 3. The molecule has 9 heteroatoms. The highest BCUT2D eigenvalue weighted by molar-refractivity contribution is 6.06. The van der Waals surface area contributed by atoms with Gasteiger partial charge in [0, 0.05) is 19.5 Å². The van der Waals surface area contributed by atoms with Crippen molar-refractivity contribution >= 4 is 11.9 Å². The first-order chi connectivity index (χ1) is 11.5. The molecule has 3 aliphatic rings. The van der Waals surface area contributed by atoms with E-state index in [-0.39, 0.29) is 17.9 Å². The molecule has 2 saturated heterocycles. The second-order valence-corrected chi connectivity index (χ2v) is 7.34. The zero-order valence-electron chi connectivity index (χ0n) is 14.1. The minimum absolute atomic E-state index is 0.0953. The summed E-state index contributed by atoms with van der Waals surface area (Å²) in [7, 11) is 1.54. The largest absolute Gasteiger partial charge is 0.324 e. The van der Waals surface area contributed by atoms with E-state index in [2.05, 4.69) is 25.7 Å². The summed E-state index contributed by atoms with van der Waals surface area (Å²) in [5.74, 6) is 0.849. The maximum Gasteiger partial charge on any atom is 0.324 e. The number of nitrogens with one attached hydrogen (secondary N) is 1. The number of carbonyl (C=O) groups is 2. The summed E-state index contributed by atoms with van der Waals surface area (Å²) >= 11 is 0. The SMILES string of the molecule is CN1C(=O)N[C@](C)([C@@H]2CCCN(Cc3nnnn3C3CC3)C2)C1=O. The van der Waals surface area contributed by atoms with Crippen molar-refractivity contribution in [1.82, 2.24) is 35.3 Å².